The molecule has 5 heteroatoms. The molecular weight excluding hydrogens is 304 g/mol. The van der Waals surface area contributed by atoms with Crippen molar-refractivity contribution in [2.24, 2.45) is 10.9 Å². The normalized spacial score (nSPS) is 12.9. The second-order valence-corrected chi connectivity index (χ2v) is 6.85. The van der Waals surface area contributed by atoms with E-state index in [1.165, 1.54) is 16.0 Å². The number of rotatable bonds is 7. The van der Waals surface area contributed by atoms with E-state index >= 15 is 0 Å². The highest BCUT2D eigenvalue weighted by Crippen LogP contribution is 2.13. The molecule has 0 aliphatic heterocycles. The van der Waals surface area contributed by atoms with Gasteiger partial charge in [-0.15, -0.1) is 11.3 Å². The van der Waals surface area contributed by atoms with Gasteiger partial charge < -0.3 is 10.6 Å². The number of nitrogens with one attached hydrogen (secondary N) is 2. The van der Waals surface area contributed by atoms with Crippen LogP contribution >= 0.6 is 11.3 Å². The Bertz CT molecular complexity index is 607. The second-order valence-electron chi connectivity index (χ2n) is 5.82. The Hall–Kier alpha value is -1.88. The summed E-state index contributed by atoms with van der Waals surface area (Å²) in [6.07, 6.45) is 5.84. The van der Waals surface area contributed by atoms with Crippen LogP contribution in [-0.2, 0) is 12.8 Å². The maximum absolute atomic E-state index is 4.30. The molecule has 2 aromatic rings. The van der Waals surface area contributed by atoms with Crippen molar-refractivity contribution in [1.29, 1.82) is 0 Å². The number of aromatic nitrogens is 1. The quantitative estimate of drug-likeness (QED) is 0.606. The fourth-order valence-corrected chi connectivity index (χ4v) is 3.30. The summed E-state index contributed by atoms with van der Waals surface area (Å²) in [5.41, 5.74) is 2.57. The van der Waals surface area contributed by atoms with E-state index in [9.17, 15) is 0 Å². The van der Waals surface area contributed by atoms with Gasteiger partial charge in [0, 0.05) is 37.4 Å². The summed E-state index contributed by atoms with van der Waals surface area (Å²) in [5, 5.41) is 8.93. The first-order valence-electron chi connectivity index (χ1n) is 8.05. The molecule has 0 aliphatic carbocycles. The first-order chi connectivity index (χ1) is 11.2. The Morgan fingerprint density at radius 2 is 2.22 bits per heavy atom. The number of pyridine rings is 1. The van der Waals surface area contributed by atoms with Gasteiger partial charge in [-0.2, -0.15) is 0 Å². The van der Waals surface area contributed by atoms with Gasteiger partial charge in [0.2, 0.25) is 0 Å². The van der Waals surface area contributed by atoms with Crippen LogP contribution in [-0.4, -0.2) is 31.1 Å². The molecule has 0 fully saturated rings. The second kappa shape index (κ2) is 9.30. The van der Waals surface area contributed by atoms with Crippen molar-refractivity contribution >= 4 is 17.3 Å². The van der Waals surface area contributed by atoms with Crippen LogP contribution in [0, 0.1) is 12.8 Å². The summed E-state index contributed by atoms with van der Waals surface area (Å²) in [6.45, 7) is 6.15. The van der Waals surface area contributed by atoms with E-state index in [0.29, 0.717) is 5.92 Å². The molecule has 2 aromatic heterocycles. The van der Waals surface area contributed by atoms with Crippen LogP contribution in [0.4, 0.5) is 0 Å². The van der Waals surface area contributed by atoms with Gasteiger partial charge in [-0.05, 0) is 54.3 Å². The zero-order valence-corrected chi connectivity index (χ0v) is 15.0. The van der Waals surface area contributed by atoms with Crippen molar-refractivity contribution in [1.82, 2.24) is 15.6 Å². The molecule has 0 aromatic carbocycles. The van der Waals surface area contributed by atoms with Crippen LogP contribution in [0.25, 0.3) is 0 Å². The van der Waals surface area contributed by atoms with Crippen molar-refractivity contribution in [2.75, 3.05) is 20.1 Å². The van der Waals surface area contributed by atoms with Gasteiger partial charge in [0.1, 0.15) is 0 Å². The first-order valence-corrected chi connectivity index (χ1v) is 8.93. The van der Waals surface area contributed by atoms with Crippen molar-refractivity contribution in [3.63, 3.8) is 0 Å². The van der Waals surface area contributed by atoms with Crippen LogP contribution in [0.5, 0.6) is 0 Å². The van der Waals surface area contributed by atoms with E-state index in [1.54, 1.807) is 0 Å². The fourth-order valence-electron chi connectivity index (χ4n) is 2.43. The van der Waals surface area contributed by atoms with Crippen molar-refractivity contribution in [2.45, 2.75) is 26.7 Å². The predicted molar refractivity (Wildman–Crippen MR) is 99.2 cm³/mol. The van der Waals surface area contributed by atoms with E-state index in [1.807, 2.05) is 30.8 Å². The lowest BCUT2D eigenvalue weighted by molar-refractivity contribution is 0.562. The maximum atomic E-state index is 4.30. The van der Waals surface area contributed by atoms with Crippen LogP contribution in [0.2, 0.25) is 0 Å². The SMILES string of the molecule is CN=C(NCCc1ccncc1C)NCC(C)Cc1cccs1. The summed E-state index contributed by atoms with van der Waals surface area (Å²) < 4.78 is 0. The van der Waals surface area contributed by atoms with Gasteiger partial charge in [0.05, 0.1) is 0 Å². The standard InChI is InChI=1S/C18H26N4S/c1-14(11-17-5-4-10-23-17)12-22-18(19-3)21-9-7-16-6-8-20-13-15(16)2/h4-6,8,10,13-14H,7,9,11-12H2,1-3H3,(H2,19,21,22). The summed E-state index contributed by atoms with van der Waals surface area (Å²) in [4.78, 5) is 9.86. The molecule has 0 amide bonds. The molecule has 0 saturated carbocycles. The monoisotopic (exact) mass is 330 g/mol. The third kappa shape index (κ3) is 6.02. The van der Waals surface area contributed by atoms with E-state index in [2.05, 4.69) is 58.0 Å². The maximum Gasteiger partial charge on any atom is 0.190 e. The number of aryl methyl sites for hydroxylation is 1. The van der Waals surface area contributed by atoms with Gasteiger partial charge in [0.15, 0.2) is 5.96 Å². The zero-order chi connectivity index (χ0) is 16.5. The smallest absolute Gasteiger partial charge is 0.190 e. The van der Waals surface area contributed by atoms with Gasteiger partial charge in [-0.25, -0.2) is 0 Å². The summed E-state index contributed by atoms with van der Waals surface area (Å²) >= 11 is 1.83. The Labute approximate surface area is 143 Å². The molecule has 23 heavy (non-hydrogen) atoms. The number of guanidine groups is 1. The molecule has 4 nitrogen and oxygen atoms in total. The minimum Gasteiger partial charge on any atom is -0.356 e. The van der Waals surface area contributed by atoms with Crippen LogP contribution in [0.1, 0.15) is 22.9 Å². The molecule has 1 atom stereocenters. The number of aliphatic imine (C=N–C) groups is 1. The third-order valence-corrected chi connectivity index (χ3v) is 4.69. The van der Waals surface area contributed by atoms with Gasteiger partial charge in [-0.3, -0.25) is 9.98 Å². The van der Waals surface area contributed by atoms with Gasteiger partial charge in [-0.1, -0.05) is 13.0 Å². The lowest BCUT2D eigenvalue weighted by Gasteiger charge is -2.16. The average molecular weight is 331 g/mol. The van der Waals surface area contributed by atoms with E-state index in [-0.39, 0.29) is 0 Å². The van der Waals surface area contributed by atoms with E-state index < -0.39 is 0 Å². The van der Waals surface area contributed by atoms with Crippen molar-refractivity contribution < 1.29 is 0 Å². The van der Waals surface area contributed by atoms with E-state index in [0.717, 1.165) is 31.9 Å². The highest BCUT2D eigenvalue weighted by molar-refractivity contribution is 7.09. The highest BCUT2D eigenvalue weighted by atomic mass is 32.1. The number of nitrogens with zero attached hydrogens (tertiary/aromatic N) is 2. The van der Waals surface area contributed by atoms with Gasteiger partial charge in [0.25, 0.3) is 0 Å². The minimum atomic E-state index is 0.578. The Kier molecular flexibility index (Phi) is 7.07. The molecule has 124 valence electrons. The molecule has 2 N–H and O–H groups in total. The zero-order valence-electron chi connectivity index (χ0n) is 14.2. The molecule has 0 bridgehead atoms. The van der Waals surface area contributed by atoms with Crippen LogP contribution in [0.15, 0.2) is 41.0 Å². The number of hydrogen-bond donors (Lipinski definition) is 2. The van der Waals surface area contributed by atoms with Crippen molar-refractivity contribution in [3.05, 3.63) is 52.0 Å². The van der Waals surface area contributed by atoms with Crippen molar-refractivity contribution in [3.8, 4) is 0 Å². The third-order valence-electron chi connectivity index (χ3n) is 3.79. The lowest BCUT2D eigenvalue weighted by atomic mass is 10.1. The molecular formula is C18H26N4S. The molecule has 0 radical (unpaired) electrons. The topological polar surface area (TPSA) is 49.3 Å². The summed E-state index contributed by atoms with van der Waals surface area (Å²) in [5.74, 6) is 1.45. The Morgan fingerprint density at radius 1 is 1.35 bits per heavy atom. The lowest BCUT2D eigenvalue weighted by Crippen LogP contribution is -2.40. The molecule has 2 rings (SSSR count). The molecule has 0 spiro atoms. The highest BCUT2D eigenvalue weighted by Gasteiger charge is 2.06. The van der Waals surface area contributed by atoms with E-state index in [4.69, 9.17) is 0 Å². The Balaban J connectivity index is 1.70. The average Bonchev–Trinajstić information content (AvgIpc) is 3.05. The molecule has 2 heterocycles. The molecule has 1 unspecified atom stereocenters. The molecule has 0 aliphatic rings. The molecule has 0 saturated heterocycles. The minimum absolute atomic E-state index is 0.578. The predicted octanol–water partition coefficient (Wildman–Crippen LogP) is 3.04. The Morgan fingerprint density at radius 3 is 2.91 bits per heavy atom. The van der Waals surface area contributed by atoms with Crippen LogP contribution in [0.3, 0.4) is 0 Å². The van der Waals surface area contributed by atoms with Crippen LogP contribution < -0.4 is 10.6 Å². The largest absolute Gasteiger partial charge is 0.356 e. The number of hydrogen-bond acceptors (Lipinski definition) is 3. The summed E-state index contributed by atoms with van der Waals surface area (Å²) in [6, 6.07) is 6.39. The fraction of sp³-hybridized carbons (Fsp3) is 0.444. The first kappa shape index (κ1) is 17.5. The number of thiophene rings is 1. The van der Waals surface area contributed by atoms with Gasteiger partial charge >= 0.3 is 0 Å². The summed E-state index contributed by atoms with van der Waals surface area (Å²) in [7, 11) is 1.82.